The summed E-state index contributed by atoms with van der Waals surface area (Å²) in [4.78, 5) is 20.6. The predicted octanol–water partition coefficient (Wildman–Crippen LogP) is -1.12. The molecule has 14 heavy (non-hydrogen) atoms. The summed E-state index contributed by atoms with van der Waals surface area (Å²) >= 11 is 0. The van der Waals surface area contributed by atoms with Gasteiger partial charge in [-0.1, -0.05) is 0 Å². The lowest BCUT2D eigenvalue weighted by molar-refractivity contribution is -0.108. The lowest BCUT2D eigenvalue weighted by Gasteiger charge is -2.07. The molecule has 0 bridgehead atoms. The number of amides is 3. The van der Waals surface area contributed by atoms with E-state index >= 15 is 0 Å². The molecule has 1 aliphatic heterocycles. The summed E-state index contributed by atoms with van der Waals surface area (Å²) in [5.41, 5.74) is 0. The van der Waals surface area contributed by atoms with E-state index in [9.17, 15) is 18.0 Å². The molecule has 0 aromatic heterocycles. The van der Waals surface area contributed by atoms with Crippen LogP contribution in [0.3, 0.4) is 0 Å². The van der Waals surface area contributed by atoms with Crippen molar-refractivity contribution in [3.05, 3.63) is 0 Å². The molecule has 0 aliphatic carbocycles. The monoisotopic (exact) mass is 220 g/mol. The zero-order chi connectivity index (χ0) is 10.6. The van der Waals surface area contributed by atoms with E-state index in [2.05, 4.69) is 5.32 Å². The maximum Gasteiger partial charge on any atom is 0.321 e. The van der Waals surface area contributed by atoms with Crippen LogP contribution in [0.4, 0.5) is 4.79 Å². The molecule has 1 fully saturated rings. The molecular weight excluding hydrogens is 208 g/mol. The van der Waals surface area contributed by atoms with Gasteiger partial charge in [0.25, 0.3) is 0 Å². The number of hydrogen-bond donors (Lipinski definition) is 2. The van der Waals surface area contributed by atoms with Gasteiger partial charge in [-0.15, -0.1) is 0 Å². The fourth-order valence-electron chi connectivity index (χ4n) is 1.37. The Morgan fingerprint density at radius 2 is 2.21 bits per heavy atom. The Bertz CT molecular complexity index is 325. The average Bonchev–Trinajstić information content (AvgIpc) is 2.43. The van der Waals surface area contributed by atoms with Crippen molar-refractivity contribution in [3.63, 3.8) is 0 Å². The quantitative estimate of drug-likeness (QED) is 0.589. The summed E-state index contributed by atoms with van der Waals surface area (Å²) in [5, 5.41) is 4.33. The molecule has 3 amide bonds. The topological polar surface area (TPSA) is 92.3 Å². The van der Waals surface area contributed by atoms with Gasteiger partial charge in [-0.25, -0.2) is 13.2 Å². The summed E-state index contributed by atoms with van der Waals surface area (Å²) in [5.74, 6) is 0.278. The van der Waals surface area contributed by atoms with Crippen LogP contribution in [0.2, 0.25) is 0 Å². The molecular formula is C7H12N2O4S. The third-order valence-corrected chi connectivity index (χ3v) is 3.91. The van der Waals surface area contributed by atoms with Crippen LogP contribution < -0.4 is 10.6 Å². The second-order valence-corrected chi connectivity index (χ2v) is 5.47. The summed E-state index contributed by atoms with van der Waals surface area (Å²) in [7, 11) is -2.90. The number of carbonyl (C=O) groups excluding carboxylic acids is 2. The van der Waals surface area contributed by atoms with Crippen molar-refractivity contribution in [2.24, 2.45) is 5.92 Å². The predicted molar refractivity (Wildman–Crippen MR) is 49.4 cm³/mol. The maximum absolute atomic E-state index is 11.0. The Labute approximate surface area is 82.0 Å². The molecule has 1 saturated heterocycles. The number of rotatable bonds is 3. The molecule has 1 rings (SSSR count). The van der Waals surface area contributed by atoms with E-state index < -0.39 is 15.9 Å². The Morgan fingerprint density at radius 3 is 2.71 bits per heavy atom. The standard InChI is InChI=1S/C7H12N2O4S/c10-5-9-7(11)8-3-6-1-2-14(12,13)4-6/h5-6H,1-4H2,(H2,8,9,10,11). The Kier molecular flexibility index (Phi) is 3.45. The Morgan fingerprint density at radius 1 is 1.50 bits per heavy atom. The number of imide groups is 1. The Balaban J connectivity index is 2.27. The number of urea groups is 1. The van der Waals surface area contributed by atoms with Crippen molar-refractivity contribution < 1.29 is 18.0 Å². The van der Waals surface area contributed by atoms with Crippen molar-refractivity contribution in [2.45, 2.75) is 6.42 Å². The van der Waals surface area contributed by atoms with E-state index in [1.54, 1.807) is 0 Å². The fraction of sp³-hybridized carbons (Fsp3) is 0.714. The molecule has 0 saturated carbocycles. The number of carbonyl (C=O) groups is 2. The van der Waals surface area contributed by atoms with E-state index in [-0.39, 0.29) is 23.8 Å². The van der Waals surface area contributed by atoms with Gasteiger partial charge in [0.1, 0.15) is 0 Å². The van der Waals surface area contributed by atoms with Crippen LogP contribution in [-0.4, -0.2) is 38.9 Å². The van der Waals surface area contributed by atoms with Gasteiger partial charge in [-0.2, -0.15) is 0 Å². The molecule has 1 aliphatic rings. The van der Waals surface area contributed by atoms with Gasteiger partial charge in [-0.3, -0.25) is 10.1 Å². The maximum atomic E-state index is 11.0. The van der Waals surface area contributed by atoms with Crippen molar-refractivity contribution in [1.29, 1.82) is 0 Å². The zero-order valence-corrected chi connectivity index (χ0v) is 8.34. The fourth-order valence-corrected chi connectivity index (χ4v) is 3.24. The normalized spacial score (nSPS) is 24.1. The average molecular weight is 220 g/mol. The minimum absolute atomic E-state index is 0.0302. The first kappa shape index (κ1) is 11.0. The van der Waals surface area contributed by atoms with Crippen LogP contribution in [0.25, 0.3) is 0 Å². The SMILES string of the molecule is O=CNC(=O)NCC1CCS(=O)(=O)C1. The Hall–Kier alpha value is -1.11. The summed E-state index contributed by atoms with van der Waals surface area (Å²) in [6, 6.07) is -0.593. The molecule has 2 N–H and O–H groups in total. The van der Waals surface area contributed by atoms with Crippen LogP contribution in [0.5, 0.6) is 0 Å². The largest absolute Gasteiger partial charge is 0.337 e. The summed E-state index contributed by atoms with van der Waals surface area (Å²) in [6.45, 7) is 0.291. The number of nitrogens with one attached hydrogen (secondary N) is 2. The number of sulfone groups is 1. The van der Waals surface area contributed by atoms with E-state index in [1.165, 1.54) is 0 Å². The molecule has 0 spiro atoms. The third kappa shape index (κ3) is 3.33. The smallest absolute Gasteiger partial charge is 0.321 e. The van der Waals surface area contributed by atoms with E-state index in [0.717, 1.165) is 0 Å². The molecule has 7 heteroatoms. The highest BCUT2D eigenvalue weighted by Gasteiger charge is 2.27. The van der Waals surface area contributed by atoms with Gasteiger partial charge in [0.15, 0.2) is 9.84 Å². The molecule has 6 nitrogen and oxygen atoms in total. The first-order valence-electron chi connectivity index (χ1n) is 4.22. The van der Waals surface area contributed by atoms with E-state index in [1.807, 2.05) is 5.32 Å². The van der Waals surface area contributed by atoms with Gasteiger partial charge in [-0.05, 0) is 12.3 Å². The third-order valence-electron chi connectivity index (χ3n) is 2.07. The summed E-state index contributed by atoms with van der Waals surface area (Å²) < 4.78 is 22.1. The highest BCUT2D eigenvalue weighted by Crippen LogP contribution is 2.17. The van der Waals surface area contributed by atoms with Crippen LogP contribution >= 0.6 is 0 Å². The van der Waals surface area contributed by atoms with E-state index in [4.69, 9.17) is 0 Å². The molecule has 80 valence electrons. The van der Waals surface area contributed by atoms with Crippen molar-refractivity contribution in [3.8, 4) is 0 Å². The van der Waals surface area contributed by atoms with Gasteiger partial charge in [0, 0.05) is 6.54 Å². The molecule has 0 radical (unpaired) electrons. The minimum Gasteiger partial charge on any atom is -0.337 e. The van der Waals surface area contributed by atoms with Gasteiger partial charge < -0.3 is 5.32 Å². The lowest BCUT2D eigenvalue weighted by Crippen LogP contribution is -2.37. The van der Waals surface area contributed by atoms with Crippen LogP contribution in [-0.2, 0) is 14.6 Å². The van der Waals surface area contributed by atoms with Gasteiger partial charge >= 0.3 is 6.03 Å². The van der Waals surface area contributed by atoms with Crippen molar-refractivity contribution in [1.82, 2.24) is 10.6 Å². The first-order chi connectivity index (χ1) is 6.53. The zero-order valence-electron chi connectivity index (χ0n) is 7.52. The molecule has 1 unspecified atom stereocenters. The molecule has 0 aromatic rings. The van der Waals surface area contributed by atoms with Crippen LogP contribution in [0.1, 0.15) is 6.42 Å². The van der Waals surface area contributed by atoms with E-state index in [0.29, 0.717) is 13.0 Å². The first-order valence-corrected chi connectivity index (χ1v) is 6.04. The molecule has 0 aromatic carbocycles. The summed E-state index contributed by atoms with van der Waals surface area (Å²) in [6.07, 6.45) is 0.852. The van der Waals surface area contributed by atoms with Gasteiger partial charge in [0.05, 0.1) is 11.5 Å². The van der Waals surface area contributed by atoms with Gasteiger partial charge in [0.2, 0.25) is 6.41 Å². The minimum atomic E-state index is -2.90. The second-order valence-electron chi connectivity index (χ2n) is 3.24. The van der Waals surface area contributed by atoms with Crippen molar-refractivity contribution in [2.75, 3.05) is 18.1 Å². The molecule has 1 heterocycles. The lowest BCUT2D eigenvalue weighted by atomic mass is 10.1. The highest BCUT2D eigenvalue weighted by molar-refractivity contribution is 7.91. The van der Waals surface area contributed by atoms with Crippen molar-refractivity contribution >= 4 is 22.3 Å². The highest BCUT2D eigenvalue weighted by atomic mass is 32.2. The number of hydrogen-bond acceptors (Lipinski definition) is 4. The second kappa shape index (κ2) is 4.41. The molecule has 1 atom stereocenters. The van der Waals surface area contributed by atoms with Crippen LogP contribution in [0, 0.1) is 5.92 Å². The van der Waals surface area contributed by atoms with Crippen LogP contribution in [0.15, 0.2) is 0 Å².